The van der Waals surface area contributed by atoms with E-state index in [1.54, 1.807) is 4.90 Å². The van der Waals surface area contributed by atoms with Crippen molar-refractivity contribution in [2.45, 2.75) is 13.8 Å². The van der Waals surface area contributed by atoms with Crippen molar-refractivity contribution < 1.29 is 24.2 Å². The summed E-state index contributed by atoms with van der Waals surface area (Å²) in [7, 11) is 1.38. The van der Waals surface area contributed by atoms with Gasteiger partial charge >= 0.3 is 0 Å². The van der Waals surface area contributed by atoms with Crippen molar-refractivity contribution in [1.82, 2.24) is 9.80 Å². The molecule has 1 aliphatic heterocycles. The van der Waals surface area contributed by atoms with Crippen LogP contribution in [0.15, 0.2) is 17.0 Å². The molecule has 0 unspecified atom stereocenters. The molecule has 0 bridgehead atoms. The molecule has 1 aromatic rings. The van der Waals surface area contributed by atoms with E-state index in [1.807, 2.05) is 13.8 Å². The third kappa shape index (κ3) is 4.13. The Labute approximate surface area is 160 Å². The van der Waals surface area contributed by atoms with Gasteiger partial charge in [-0.05, 0) is 49.4 Å². The second-order valence-corrected chi connectivity index (χ2v) is 6.79. The third-order valence-electron chi connectivity index (χ3n) is 3.85. The quantitative estimate of drug-likeness (QED) is 0.741. The Morgan fingerprint density at radius 2 is 2.00 bits per heavy atom. The molecule has 2 rings (SSSR count). The average Bonchev–Trinajstić information content (AvgIpc) is 2.86. The van der Waals surface area contributed by atoms with Crippen LogP contribution in [0.5, 0.6) is 11.5 Å². The van der Waals surface area contributed by atoms with Gasteiger partial charge in [-0.3, -0.25) is 19.3 Å². The lowest BCUT2D eigenvalue weighted by Gasteiger charge is -2.21. The highest BCUT2D eigenvalue weighted by molar-refractivity contribution is 8.18. The van der Waals surface area contributed by atoms with Gasteiger partial charge in [0.15, 0.2) is 11.5 Å². The number of rotatable bonds is 6. The molecule has 1 fully saturated rings. The third-order valence-corrected chi connectivity index (χ3v) is 5.05. The van der Waals surface area contributed by atoms with Gasteiger partial charge in [0.05, 0.1) is 17.0 Å². The monoisotopic (exact) mass is 398 g/mol. The molecular formula is C17H19ClN2O5S. The number of hydrogen-bond acceptors (Lipinski definition) is 6. The summed E-state index contributed by atoms with van der Waals surface area (Å²) in [4.78, 5) is 39.4. The molecule has 1 N–H and O–H groups in total. The zero-order valence-corrected chi connectivity index (χ0v) is 16.2. The summed E-state index contributed by atoms with van der Waals surface area (Å²) >= 11 is 6.68. The minimum Gasteiger partial charge on any atom is -0.503 e. The molecule has 140 valence electrons. The number of imide groups is 1. The highest BCUT2D eigenvalue weighted by Gasteiger charge is 2.36. The van der Waals surface area contributed by atoms with Crippen molar-refractivity contribution in [2.24, 2.45) is 0 Å². The lowest BCUT2D eigenvalue weighted by molar-refractivity contribution is -0.135. The highest BCUT2D eigenvalue weighted by Crippen LogP contribution is 2.37. The molecule has 0 aliphatic carbocycles. The predicted molar refractivity (Wildman–Crippen MR) is 100 cm³/mol. The van der Waals surface area contributed by atoms with E-state index in [1.165, 1.54) is 25.3 Å². The molecule has 1 aromatic carbocycles. The fraction of sp³-hybridized carbons (Fsp3) is 0.353. The van der Waals surface area contributed by atoms with E-state index >= 15 is 0 Å². The van der Waals surface area contributed by atoms with Gasteiger partial charge in [-0.25, -0.2) is 0 Å². The summed E-state index contributed by atoms with van der Waals surface area (Å²) in [6.07, 6.45) is 1.47. The van der Waals surface area contributed by atoms with Gasteiger partial charge in [-0.15, -0.1) is 0 Å². The fourth-order valence-electron chi connectivity index (χ4n) is 2.43. The van der Waals surface area contributed by atoms with Crippen molar-refractivity contribution in [3.05, 3.63) is 27.6 Å². The topological polar surface area (TPSA) is 87.2 Å². The Kier molecular flexibility index (Phi) is 6.55. The van der Waals surface area contributed by atoms with Crippen molar-refractivity contribution in [1.29, 1.82) is 0 Å². The van der Waals surface area contributed by atoms with Gasteiger partial charge < -0.3 is 14.7 Å². The first-order chi connectivity index (χ1) is 12.3. The van der Waals surface area contributed by atoms with Crippen LogP contribution in [0.4, 0.5) is 4.79 Å². The maximum atomic E-state index is 12.5. The number of benzene rings is 1. The smallest absolute Gasteiger partial charge is 0.294 e. The minimum atomic E-state index is -0.538. The summed E-state index contributed by atoms with van der Waals surface area (Å²) in [6, 6.07) is 2.95. The van der Waals surface area contributed by atoms with Crippen LogP contribution in [0.3, 0.4) is 0 Å². The molecule has 9 heteroatoms. The Bertz CT molecular complexity index is 777. The maximum absolute atomic E-state index is 12.5. The van der Waals surface area contributed by atoms with Gasteiger partial charge in [0.2, 0.25) is 5.91 Å². The lowest BCUT2D eigenvalue weighted by Crippen LogP contribution is -2.41. The lowest BCUT2D eigenvalue weighted by atomic mass is 10.2. The largest absolute Gasteiger partial charge is 0.503 e. The van der Waals surface area contributed by atoms with Gasteiger partial charge in [-0.1, -0.05) is 11.6 Å². The number of carbonyl (C=O) groups excluding carboxylic acids is 3. The van der Waals surface area contributed by atoms with Crippen LogP contribution in [0.2, 0.25) is 5.02 Å². The Morgan fingerprint density at radius 3 is 2.58 bits per heavy atom. The van der Waals surface area contributed by atoms with Crippen molar-refractivity contribution >= 4 is 46.5 Å². The molecule has 1 aliphatic rings. The molecular weight excluding hydrogens is 380 g/mol. The summed E-state index contributed by atoms with van der Waals surface area (Å²) in [5.74, 6) is -0.875. The normalized spacial score (nSPS) is 15.7. The van der Waals surface area contributed by atoms with Crippen molar-refractivity contribution in [3.63, 3.8) is 0 Å². The Balaban J connectivity index is 2.24. The molecule has 0 atom stereocenters. The van der Waals surface area contributed by atoms with Crippen LogP contribution < -0.4 is 4.74 Å². The van der Waals surface area contributed by atoms with Crippen LogP contribution in [0, 0.1) is 0 Å². The number of aromatic hydroxyl groups is 1. The minimum absolute atomic E-state index is 0.0616. The average molecular weight is 399 g/mol. The number of likely N-dealkylation sites (N-methyl/N-ethyl adjacent to an activating group) is 1. The number of nitrogens with zero attached hydrogens (tertiary/aromatic N) is 2. The first-order valence-corrected chi connectivity index (χ1v) is 9.11. The molecule has 3 amide bonds. The van der Waals surface area contributed by atoms with E-state index in [9.17, 15) is 19.5 Å². The van der Waals surface area contributed by atoms with E-state index in [-0.39, 0.29) is 33.9 Å². The number of phenolic OH excluding ortho intramolecular Hbond substituents is 1. The predicted octanol–water partition coefficient (Wildman–Crippen LogP) is 2.96. The Morgan fingerprint density at radius 1 is 1.35 bits per heavy atom. The molecule has 0 aromatic heterocycles. The molecule has 1 saturated heterocycles. The van der Waals surface area contributed by atoms with Crippen molar-refractivity contribution in [2.75, 3.05) is 26.7 Å². The first kappa shape index (κ1) is 20.1. The van der Waals surface area contributed by atoms with E-state index < -0.39 is 11.1 Å². The molecule has 26 heavy (non-hydrogen) atoms. The second kappa shape index (κ2) is 8.46. The number of thioether (sulfide) groups is 1. The van der Waals surface area contributed by atoms with Crippen LogP contribution >= 0.6 is 23.4 Å². The fourth-order valence-corrected chi connectivity index (χ4v) is 3.49. The second-order valence-electron chi connectivity index (χ2n) is 5.39. The standard InChI is InChI=1S/C17H19ClN2O5S/c1-4-19(5-2)14(21)9-20-16(23)13(26-17(20)24)8-10-6-11(18)15(22)12(7-10)25-3/h6-8,22H,4-5,9H2,1-3H3/b13-8-. The maximum Gasteiger partial charge on any atom is 0.294 e. The molecule has 1 heterocycles. The summed E-state index contributed by atoms with van der Waals surface area (Å²) in [5, 5.41) is 9.32. The number of halogens is 1. The summed E-state index contributed by atoms with van der Waals surface area (Å²) in [5.41, 5.74) is 0.491. The number of amides is 3. The van der Waals surface area contributed by atoms with Crippen LogP contribution in [0.1, 0.15) is 19.4 Å². The highest BCUT2D eigenvalue weighted by atomic mass is 35.5. The molecule has 0 saturated carbocycles. The Hall–Kier alpha value is -2.19. The molecule has 0 radical (unpaired) electrons. The van der Waals surface area contributed by atoms with E-state index in [4.69, 9.17) is 16.3 Å². The zero-order chi connectivity index (χ0) is 19.4. The van der Waals surface area contributed by atoms with Crippen LogP contribution in [-0.4, -0.2) is 58.7 Å². The number of hydrogen-bond donors (Lipinski definition) is 1. The van der Waals surface area contributed by atoms with Crippen molar-refractivity contribution in [3.8, 4) is 11.5 Å². The van der Waals surface area contributed by atoms with Crippen LogP contribution in [0.25, 0.3) is 6.08 Å². The summed E-state index contributed by atoms with van der Waals surface area (Å²) < 4.78 is 5.02. The van der Waals surface area contributed by atoms with Gasteiger partial charge in [0, 0.05) is 13.1 Å². The first-order valence-electron chi connectivity index (χ1n) is 7.91. The van der Waals surface area contributed by atoms with E-state index in [0.29, 0.717) is 18.7 Å². The van der Waals surface area contributed by atoms with Crippen LogP contribution in [-0.2, 0) is 9.59 Å². The summed E-state index contributed by atoms with van der Waals surface area (Å²) in [6.45, 7) is 4.39. The SMILES string of the molecule is CCN(CC)C(=O)CN1C(=O)S/C(=C\c2cc(Cl)c(O)c(OC)c2)C1=O. The molecule has 0 spiro atoms. The van der Waals surface area contributed by atoms with E-state index in [2.05, 4.69) is 0 Å². The van der Waals surface area contributed by atoms with E-state index in [0.717, 1.165) is 16.7 Å². The number of carbonyl (C=O) groups is 3. The van der Waals surface area contributed by atoms with Gasteiger partial charge in [-0.2, -0.15) is 0 Å². The van der Waals surface area contributed by atoms with Gasteiger partial charge in [0.25, 0.3) is 11.1 Å². The van der Waals surface area contributed by atoms with Gasteiger partial charge in [0.1, 0.15) is 6.54 Å². The zero-order valence-electron chi connectivity index (χ0n) is 14.6. The number of methoxy groups -OCH3 is 1. The number of ether oxygens (including phenoxy) is 1. The molecule has 7 nitrogen and oxygen atoms in total. The number of phenols is 1.